The smallest absolute Gasteiger partial charge is 0.161 e. The highest BCUT2D eigenvalue weighted by Crippen LogP contribution is 2.52. The summed E-state index contributed by atoms with van der Waals surface area (Å²) >= 11 is 0. The molecular weight excluding hydrogens is 1370 g/mol. The summed E-state index contributed by atoms with van der Waals surface area (Å²) < 4.78 is 209. The Morgan fingerprint density at radius 3 is 0.728 bits per heavy atom. The van der Waals surface area contributed by atoms with Crippen molar-refractivity contribution < 1.29 is 110 Å². The highest BCUT2D eigenvalue weighted by Gasteiger charge is 2.19. The predicted molar refractivity (Wildman–Crippen MR) is 348 cm³/mol. The van der Waals surface area contributed by atoms with Gasteiger partial charge in [0.05, 0.1) is 70.5 Å². The first-order valence-corrected chi connectivity index (χ1v) is 54.9. The van der Waals surface area contributed by atoms with Crippen LogP contribution in [0.25, 0.3) is 0 Å². The van der Waals surface area contributed by atoms with E-state index in [1.54, 1.807) is 72.1 Å². The third-order valence-electron chi connectivity index (χ3n) is 5.58. The maximum absolute atomic E-state index is 11.1. The van der Waals surface area contributed by atoms with Crippen LogP contribution in [0.1, 0.15) is 48.0 Å². The number of carbonyl (C=O) groups excluding carboxylic acids is 5. The molecule has 6 atom stereocenters. The topological polar surface area (TPSA) is 427 Å². The number of carbonyl (C=O) groups is 5. The van der Waals surface area contributed by atoms with Crippen molar-refractivity contribution in [1.29, 1.82) is 0 Å². The second-order valence-electron chi connectivity index (χ2n) is 20.6. The van der Waals surface area contributed by atoms with Crippen LogP contribution < -0.4 is 0 Å². The SMILES string of the molecule is CC(=O)C(C)S(C)(=O)=O.CC(=O)CC(C)=O.CC(=O)CP(C)(C)=O.CC(=O)CS(C)=O.CP(C)(=O)CP(C)(C)=O.CP(C)(=O)CS(C)(=O)=O.CS(=O)(=O)CS(C)(=O)=O.CS(=O)CP(C)(C)=O.CS(=O)CS(C)(=O)=O.CS(=O)CS(C)=O. The van der Waals surface area contributed by atoms with Gasteiger partial charge in [-0.2, -0.15) is 0 Å². The molecule has 496 valence electrons. The van der Waals surface area contributed by atoms with Crippen molar-refractivity contribution in [2.24, 2.45) is 0 Å². The average Bonchev–Trinajstić information content (AvgIpc) is 2.99. The zero-order valence-corrected chi connectivity index (χ0v) is 64.6. The molecule has 0 aliphatic heterocycles. The first-order valence-electron chi connectivity index (χ1n) is 22.2. The molecule has 0 heterocycles. The molecule has 0 aromatic rings. The Kier molecular flexibility index (Phi) is 60.9. The van der Waals surface area contributed by atoms with Gasteiger partial charge in [-0.1, -0.05) is 0 Å². The fourth-order valence-electron chi connectivity index (χ4n) is 4.22. The fraction of sp³-hybridized carbons (Fsp3) is 0.878. The molecule has 25 nitrogen and oxygen atoms in total. The standard InChI is InChI=1S/C5H10O3S.C5H14O2P2.C5H11O2P.C5H8O2.C4H11O3PS.C4H11O2PS.C4H8O2S.C3H8O4S2.C3H8O3S2.C3H8O2S2/c1-4(6)5(2)9(3,7)8;1-8(2,6)5-9(3,4)7;1-5(6)4-8(2,3)7;1-4(6)3-5(2)7;1-8(2,5)4-9(3,6)7;1-7(2,5)4-8(3)6;1-4(5)3-7(2)6;1-8(4,5)3-9(2,6)7;1-7(4)3-8(2,5)6;1-6(4)3-7(2)5/h5H,1-3H3;5H2,1-4H3;4H2,1-3H3;3H2,1-2H3;4H2,1-3H3;4H2,1-3H3;3H2,1-2H3;3H2,1-2H3;3H2,1-2H3;3H2,1-2H3. The summed E-state index contributed by atoms with van der Waals surface area (Å²) in [6.07, 6.45) is 12.8. The van der Waals surface area contributed by atoms with Gasteiger partial charge in [0.2, 0.25) is 0 Å². The lowest BCUT2D eigenvalue weighted by Gasteiger charge is -2.09. The molecular formula is C41H97O25P5S10. The van der Waals surface area contributed by atoms with Crippen molar-refractivity contribution in [1.82, 2.24) is 0 Å². The van der Waals surface area contributed by atoms with Gasteiger partial charge < -0.3 is 22.8 Å². The van der Waals surface area contributed by atoms with Crippen molar-refractivity contribution in [3.05, 3.63) is 0 Å². The van der Waals surface area contributed by atoms with Gasteiger partial charge in [0, 0.05) is 117 Å². The molecule has 0 radical (unpaired) electrons. The van der Waals surface area contributed by atoms with Crippen LogP contribution in [0.5, 0.6) is 0 Å². The van der Waals surface area contributed by atoms with Crippen LogP contribution in [0.2, 0.25) is 0 Å². The highest BCUT2D eigenvalue weighted by atomic mass is 32.3. The summed E-state index contributed by atoms with van der Waals surface area (Å²) in [7, 11) is -31.4. The van der Waals surface area contributed by atoms with E-state index in [2.05, 4.69) is 0 Å². The second kappa shape index (κ2) is 48.0. The normalized spacial score (nSPS) is 14.0. The molecule has 81 heavy (non-hydrogen) atoms. The molecule has 0 saturated heterocycles. The summed E-state index contributed by atoms with van der Waals surface area (Å²) in [5.74, 6) is 0.164. The molecule has 0 rings (SSSR count). The van der Waals surface area contributed by atoms with E-state index >= 15 is 0 Å². The van der Waals surface area contributed by atoms with Gasteiger partial charge in [0.15, 0.2) is 54.3 Å². The molecule has 0 aliphatic carbocycles. The average molecular weight is 1470 g/mol. The molecule has 0 fully saturated rings. The first kappa shape index (κ1) is 103. The Balaban J connectivity index is -0.0000000866. The minimum absolute atomic E-state index is 0.0123. The Bertz CT molecular complexity index is 2720. The zero-order chi connectivity index (χ0) is 68.7. The number of sulfone groups is 5. The van der Waals surface area contributed by atoms with Gasteiger partial charge in [-0.25, -0.2) is 42.1 Å². The summed E-state index contributed by atoms with van der Waals surface area (Å²) in [5, 5.41) is -1.54. The minimum atomic E-state index is -3.37. The lowest BCUT2D eigenvalue weighted by molar-refractivity contribution is -0.125. The second-order valence-corrected chi connectivity index (χ2v) is 58.4. The Hall–Kier alpha value is -0.000000000000000500. The lowest BCUT2D eigenvalue weighted by Crippen LogP contribution is -2.23. The molecule has 0 aliphatic rings. The number of hydrogen-bond acceptors (Lipinski definition) is 25. The Morgan fingerprint density at radius 1 is 0.407 bits per heavy atom. The van der Waals surface area contributed by atoms with Crippen LogP contribution in [0.15, 0.2) is 0 Å². The molecule has 0 bridgehead atoms. The maximum Gasteiger partial charge on any atom is 0.161 e. The monoisotopic (exact) mass is 1460 g/mol. The van der Waals surface area contributed by atoms with Crippen LogP contribution in [0.3, 0.4) is 0 Å². The van der Waals surface area contributed by atoms with E-state index in [0.717, 1.165) is 31.3 Å². The largest absolute Gasteiger partial charge is 0.324 e. The van der Waals surface area contributed by atoms with E-state index in [1.807, 2.05) is 0 Å². The maximum atomic E-state index is 11.1. The summed E-state index contributed by atoms with van der Waals surface area (Å²) in [6.45, 7) is 24.5. The third-order valence-corrected chi connectivity index (χ3v) is 32.1. The fourth-order valence-corrected chi connectivity index (χ4v) is 28.4. The van der Waals surface area contributed by atoms with E-state index < -0.39 is 149 Å². The molecule has 0 aromatic heterocycles. The number of rotatable bonds is 20. The van der Waals surface area contributed by atoms with Crippen molar-refractivity contribution >= 4 is 168 Å². The van der Waals surface area contributed by atoms with Crippen molar-refractivity contribution in [2.75, 3.05) is 173 Å². The van der Waals surface area contributed by atoms with E-state index in [-0.39, 0.29) is 57.8 Å². The third kappa shape index (κ3) is 161. The molecule has 0 N–H and O–H groups in total. The molecule has 0 aromatic carbocycles. The van der Waals surface area contributed by atoms with Crippen molar-refractivity contribution in [3.63, 3.8) is 0 Å². The van der Waals surface area contributed by atoms with E-state index in [4.69, 9.17) is 0 Å². The summed E-state index contributed by atoms with van der Waals surface area (Å²) in [4.78, 5) is 50.8. The lowest BCUT2D eigenvalue weighted by atomic mass is 10.2. The zero-order valence-electron chi connectivity index (χ0n) is 52.0. The highest BCUT2D eigenvalue weighted by molar-refractivity contribution is 8.07. The number of ketones is 5. The van der Waals surface area contributed by atoms with E-state index in [0.29, 0.717) is 16.5 Å². The van der Waals surface area contributed by atoms with Crippen LogP contribution in [-0.2, 0) is 150 Å². The number of Topliss-reactive ketones (excluding diaryl/α,β-unsaturated/α-hetero) is 5. The molecule has 40 heteroatoms. The van der Waals surface area contributed by atoms with Crippen LogP contribution in [0.4, 0.5) is 0 Å². The summed E-state index contributed by atoms with van der Waals surface area (Å²) in [6, 6.07) is 0. The van der Waals surface area contributed by atoms with Crippen molar-refractivity contribution in [3.8, 4) is 0 Å². The summed E-state index contributed by atoms with van der Waals surface area (Å²) in [5.41, 5.74) is 0.174. The number of hydrogen-bond donors (Lipinski definition) is 0. The van der Waals surface area contributed by atoms with Crippen molar-refractivity contribution in [2.45, 2.75) is 53.2 Å². The Morgan fingerprint density at radius 2 is 0.728 bits per heavy atom. The van der Waals surface area contributed by atoms with E-state index in [9.17, 15) is 110 Å². The van der Waals surface area contributed by atoms with Gasteiger partial charge in [0.25, 0.3) is 0 Å². The quantitative estimate of drug-likeness (QED) is 0.124. The van der Waals surface area contributed by atoms with Gasteiger partial charge in [-0.15, -0.1) is 0 Å². The molecule has 0 spiro atoms. The minimum Gasteiger partial charge on any atom is -0.324 e. The van der Waals surface area contributed by atoms with E-state index in [1.165, 1.54) is 67.4 Å². The molecule has 6 unspecified atom stereocenters. The van der Waals surface area contributed by atoms with Crippen LogP contribution in [0, 0.1) is 0 Å². The van der Waals surface area contributed by atoms with Crippen LogP contribution >= 0.6 is 35.7 Å². The van der Waals surface area contributed by atoms with Gasteiger partial charge in [-0.05, 0) is 108 Å². The van der Waals surface area contributed by atoms with Gasteiger partial charge in [0.1, 0.15) is 44.7 Å². The van der Waals surface area contributed by atoms with Gasteiger partial charge in [-0.3, -0.25) is 45.0 Å². The van der Waals surface area contributed by atoms with Crippen LogP contribution in [-0.4, -0.2) is 271 Å². The van der Waals surface area contributed by atoms with Gasteiger partial charge >= 0.3 is 0 Å². The first-order chi connectivity index (χ1) is 34.6. The predicted octanol–water partition coefficient (Wildman–Crippen LogP) is 3.56. The molecule has 0 saturated carbocycles. The molecule has 0 amide bonds. The Labute approximate surface area is 500 Å².